The van der Waals surface area contributed by atoms with Crippen LogP contribution in [0.5, 0.6) is 0 Å². The topological polar surface area (TPSA) is 78.4 Å². The van der Waals surface area contributed by atoms with Gasteiger partial charge in [-0.05, 0) is 25.5 Å². The number of hydrogen-bond donors (Lipinski definition) is 3. The Morgan fingerprint density at radius 3 is 2.67 bits per heavy atom. The Kier molecular flexibility index (Phi) is 3.68. The molecule has 0 saturated heterocycles. The van der Waals surface area contributed by atoms with E-state index >= 15 is 0 Å². The van der Waals surface area contributed by atoms with Gasteiger partial charge in [-0.1, -0.05) is 0 Å². The van der Waals surface area contributed by atoms with Gasteiger partial charge in [0, 0.05) is 6.54 Å². The molecule has 0 spiro atoms. The van der Waals surface area contributed by atoms with Crippen molar-refractivity contribution in [1.82, 2.24) is 5.32 Å². The molecule has 0 saturated carbocycles. The molecule has 15 heavy (non-hydrogen) atoms. The minimum atomic E-state index is -0.971. The molecule has 1 rings (SSSR count). The molecule has 2 amide bonds. The summed E-state index contributed by atoms with van der Waals surface area (Å²) in [6, 6.07) is 1.32. The number of nitrogens with one attached hydrogen (secondary N) is 2. The van der Waals surface area contributed by atoms with E-state index in [4.69, 9.17) is 5.11 Å². The number of rotatable bonds is 3. The lowest BCUT2D eigenvalue weighted by atomic mass is 10.3. The van der Waals surface area contributed by atoms with E-state index < -0.39 is 5.97 Å². The second-order valence-electron chi connectivity index (χ2n) is 2.91. The lowest BCUT2D eigenvalue weighted by Crippen LogP contribution is -2.27. The predicted molar refractivity (Wildman–Crippen MR) is 58.7 cm³/mol. The predicted octanol–water partition coefficient (Wildman–Crippen LogP) is 1.90. The third kappa shape index (κ3) is 2.95. The van der Waals surface area contributed by atoms with Gasteiger partial charge < -0.3 is 10.4 Å². The van der Waals surface area contributed by atoms with Gasteiger partial charge in [-0.3, -0.25) is 5.32 Å². The van der Waals surface area contributed by atoms with Crippen LogP contribution in [0.4, 0.5) is 9.80 Å². The molecule has 1 aromatic heterocycles. The van der Waals surface area contributed by atoms with Crippen LogP contribution in [0.3, 0.4) is 0 Å². The van der Waals surface area contributed by atoms with E-state index in [1.54, 1.807) is 13.0 Å². The number of thiophene rings is 1. The molecule has 0 aliphatic heterocycles. The van der Waals surface area contributed by atoms with Crippen LogP contribution < -0.4 is 10.6 Å². The molecule has 0 atom stereocenters. The van der Waals surface area contributed by atoms with Crippen molar-refractivity contribution in [2.24, 2.45) is 0 Å². The zero-order valence-corrected chi connectivity index (χ0v) is 9.27. The van der Waals surface area contributed by atoms with E-state index in [2.05, 4.69) is 10.6 Å². The van der Waals surface area contributed by atoms with Gasteiger partial charge in [0.1, 0.15) is 4.88 Å². The van der Waals surface area contributed by atoms with Crippen LogP contribution in [0.15, 0.2) is 6.07 Å². The Morgan fingerprint density at radius 1 is 1.53 bits per heavy atom. The van der Waals surface area contributed by atoms with E-state index in [-0.39, 0.29) is 10.9 Å². The van der Waals surface area contributed by atoms with Gasteiger partial charge in [0.05, 0.1) is 5.00 Å². The standard InChI is InChI=1S/C9H12N2O3S/c1-3-10-9(14)11-6-4-5(2)7(15-6)8(12)13/h4H,3H2,1-2H3,(H,12,13)(H2,10,11,14). The Hall–Kier alpha value is -1.56. The fourth-order valence-corrected chi connectivity index (χ4v) is 1.98. The number of carboxylic acids is 1. The highest BCUT2D eigenvalue weighted by atomic mass is 32.1. The molecular weight excluding hydrogens is 216 g/mol. The number of hydrogen-bond acceptors (Lipinski definition) is 3. The minimum Gasteiger partial charge on any atom is -0.477 e. The maximum absolute atomic E-state index is 11.1. The summed E-state index contributed by atoms with van der Waals surface area (Å²) >= 11 is 1.05. The highest BCUT2D eigenvalue weighted by Gasteiger charge is 2.13. The first kappa shape index (κ1) is 11.5. The van der Waals surface area contributed by atoms with Crippen LogP contribution >= 0.6 is 11.3 Å². The number of urea groups is 1. The summed E-state index contributed by atoms with van der Waals surface area (Å²) in [5, 5.41) is 14.5. The molecule has 1 aromatic rings. The maximum Gasteiger partial charge on any atom is 0.346 e. The normalized spacial score (nSPS) is 9.73. The fraction of sp³-hybridized carbons (Fsp3) is 0.333. The van der Waals surface area contributed by atoms with Crippen LogP contribution in [0.1, 0.15) is 22.2 Å². The summed E-state index contributed by atoms with van der Waals surface area (Å²) in [6.07, 6.45) is 0. The smallest absolute Gasteiger partial charge is 0.346 e. The summed E-state index contributed by atoms with van der Waals surface area (Å²) in [4.78, 5) is 22.1. The monoisotopic (exact) mass is 228 g/mol. The molecule has 0 radical (unpaired) electrons. The van der Waals surface area contributed by atoms with E-state index in [0.717, 1.165) is 11.3 Å². The second-order valence-corrected chi connectivity index (χ2v) is 3.96. The van der Waals surface area contributed by atoms with Crippen molar-refractivity contribution in [3.63, 3.8) is 0 Å². The van der Waals surface area contributed by atoms with Gasteiger partial charge in [-0.25, -0.2) is 9.59 Å². The lowest BCUT2D eigenvalue weighted by Gasteiger charge is -2.01. The molecule has 1 heterocycles. The van der Waals surface area contributed by atoms with Crippen LogP contribution in [0.25, 0.3) is 0 Å². The first-order valence-electron chi connectivity index (χ1n) is 4.43. The number of aromatic carboxylic acids is 1. The molecule has 0 aliphatic rings. The van der Waals surface area contributed by atoms with E-state index in [0.29, 0.717) is 17.1 Å². The molecule has 5 nitrogen and oxygen atoms in total. The van der Waals surface area contributed by atoms with E-state index in [9.17, 15) is 9.59 Å². The summed E-state index contributed by atoms with van der Waals surface area (Å²) in [5.41, 5.74) is 0.652. The van der Waals surface area contributed by atoms with Crippen molar-refractivity contribution in [2.45, 2.75) is 13.8 Å². The molecule has 82 valence electrons. The van der Waals surface area contributed by atoms with Crippen LogP contribution in [-0.2, 0) is 0 Å². The Balaban J connectivity index is 2.75. The Labute approximate surface area is 91.1 Å². The molecule has 0 bridgehead atoms. The van der Waals surface area contributed by atoms with E-state index in [1.807, 2.05) is 6.92 Å². The van der Waals surface area contributed by atoms with Gasteiger partial charge >= 0.3 is 12.0 Å². The third-order valence-electron chi connectivity index (χ3n) is 1.69. The van der Waals surface area contributed by atoms with Crippen molar-refractivity contribution in [2.75, 3.05) is 11.9 Å². The van der Waals surface area contributed by atoms with Gasteiger partial charge in [0.25, 0.3) is 0 Å². The molecule has 3 N–H and O–H groups in total. The first-order valence-corrected chi connectivity index (χ1v) is 5.24. The van der Waals surface area contributed by atoms with Gasteiger partial charge in [-0.2, -0.15) is 0 Å². The summed E-state index contributed by atoms with van der Waals surface area (Å²) in [5.74, 6) is -0.971. The van der Waals surface area contributed by atoms with Gasteiger partial charge in [0.15, 0.2) is 0 Å². The third-order valence-corrected chi connectivity index (χ3v) is 2.83. The molecule has 0 unspecified atom stereocenters. The average molecular weight is 228 g/mol. The maximum atomic E-state index is 11.1. The van der Waals surface area contributed by atoms with Crippen molar-refractivity contribution in [1.29, 1.82) is 0 Å². The molecule has 6 heteroatoms. The number of carbonyl (C=O) groups excluding carboxylic acids is 1. The Morgan fingerprint density at radius 2 is 2.20 bits per heavy atom. The average Bonchev–Trinajstić information content (AvgIpc) is 2.47. The summed E-state index contributed by atoms with van der Waals surface area (Å²) < 4.78 is 0. The van der Waals surface area contributed by atoms with Crippen LogP contribution in [-0.4, -0.2) is 23.7 Å². The summed E-state index contributed by atoms with van der Waals surface area (Å²) in [7, 11) is 0. The van der Waals surface area contributed by atoms with Crippen molar-refractivity contribution in [3.8, 4) is 0 Å². The molecule has 0 aromatic carbocycles. The molecule has 0 fully saturated rings. The lowest BCUT2D eigenvalue weighted by molar-refractivity contribution is 0.0701. The SMILES string of the molecule is CCNC(=O)Nc1cc(C)c(C(=O)O)s1. The number of amides is 2. The van der Waals surface area contributed by atoms with Crippen LogP contribution in [0.2, 0.25) is 0 Å². The minimum absolute atomic E-state index is 0.252. The van der Waals surface area contributed by atoms with Gasteiger partial charge in [-0.15, -0.1) is 11.3 Å². The van der Waals surface area contributed by atoms with Crippen molar-refractivity contribution in [3.05, 3.63) is 16.5 Å². The van der Waals surface area contributed by atoms with Gasteiger partial charge in [0.2, 0.25) is 0 Å². The largest absolute Gasteiger partial charge is 0.477 e. The molecular formula is C9H12N2O3S. The van der Waals surface area contributed by atoms with Crippen molar-refractivity contribution < 1.29 is 14.7 Å². The van der Waals surface area contributed by atoms with Crippen molar-refractivity contribution >= 4 is 28.3 Å². The number of anilines is 1. The second kappa shape index (κ2) is 4.79. The van der Waals surface area contributed by atoms with Crippen LogP contribution in [0, 0.1) is 6.92 Å². The van der Waals surface area contributed by atoms with E-state index in [1.165, 1.54) is 0 Å². The number of aryl methyl sites for hydroxylation is 1. The zero-order chi connectivity index (χ0) is 11.4. The Bertz CT molecular complexity index is 387. The highest BCUT2D eigenvalue weighted by Crippen LogP contribution is 2.26. The number of carboxylic acid groups (broad SMARTS) is 1. The fourth-order valence-electron chi connectivity index (χ4n) is 1.07. The zero-order valence-electron chi connectivity index (χ0n) is 8.46. The summed E-state index contributed by atoms with van der Waals surface area (Å²) in [6.45, 7) is 4.03. The highest BCUT2D eigenvalue weighted by molar-refractivity contribution is 7.18. The number of carbonyl (C=O) groups is 2. The molecule has 0 aliphatic carbocycles. The first-order chi connectivity index (χ1) is 7.04. The quantitative estimate of drug-likeness (QED) is 0.739.